The van der Waals surface area contributed by atoms with E-state index in [1.165, 1.54) is 0 Å². The molecule has 0 bridgehead atoms. The second kappa shape index (κ2) is 7.97. The van der Waals surface area contributed by atoms with Gasteiger partial charge in [0.05, 0.1) is 16.4 Å². The Morgan fingerprint density at radius 3 is 2.79 bits per heavy atom. The van der Waals surface area contributed by atoms with Gasteiger partial charge in [-0.2, -0.15) is 9.61 Å². The minimum Gasteiger partial charge on any atom is -0.370 e. The highest BCUT2D eigenvalue weighted by molar-refractivity contribution is 9.10. The number of hydrogen-bond donors (Lipinski definition) is 2. The van der Waals surface area contributed by atoms with Crippen LogP contribution in [0.1, 0.15) is 12.8 Å². The molecule has 3 heterocycles. The molecule has 4 rings (SSSR count). The van der Waals surface area contributed by atoms with Crippen LogP contribution < -0.4 is 11.1 Å². The third-order valence-corrected chi connectivity index (χ3v) is 5.97. The van der Waals surface area contributed by atoms with E-state index < -0.39 is 0 Å². The molecule has 0 unspecified atom stereocenters. The molecule has 0 saturated carbocycles. The van der Waals surface area contributed by atoms with Gasteiger partial charge in [0.15, 0.2) is 5.65 Å². The van der Waals surface area contributed by atoms with Gasteiger partial charge in [0.25, 0.3) is 0 Å². The number of fused-ring (bicyclic) bond motifs is 1. The highest BCUT2D eigenvalue weighted by atomic mass is 79.9. The molecule has 0 aliphatic carbocycles. The lowest BCUT2D eigenvalue weighted by molar-refractivity contribution is 0.181. The molecule has 0 spiro atoms. The average Bonchev–Trinajstić information content (AvgIpc) is 3.08. The summed E-state index contributed by atoms with van der Waals surface area (Å²) in [4.78, 5) is 17.7. The number of urea groups is 1. The van der Waals surface area contributed by atoms with Gasteiger partial charge in [0, 0.05) is 36.3 Å². The van der Waals surface area contributed by atoms with Crippen LogP contribution in [-0.4, -0.2) is 45.2 Å². The molecule has 0 atom stereocenters. The molecule has 1 aromatic carbocycles. The van der Waals surface area contributed by atoms with Gasteiger partial charge < -0.3 is 16.0 Å². The van der Waals surface area contributed by atoms with Crippen molar-refractivity contribution in [2.75, 3.05) is 25.0 Å². The number of nitrogens with one attached hydrogen (secondary N) is 1. The molecule has 2 amide bonds. The summed E-state index contributed by atoms with van der Waals surface area (Å²) in [6, 6.07) is 9.27. The lowest BCUT2D eigenvalue weighted by Gasteiger charge is -2.31. The molecule has 0 radical (unpaired) electrons. The average molecular weight is 464 g/mol. The third kappa shape index (κ3) is 3.79. The number of carbonyl (C=O) groups is 1. The van der Waals surface area contributed by atoms with Gasteiger partial charge >= 0.3 is 6.03 Å². The number of rotatable bonds is 4. The molecule has 3 N–H and O–H groups in total. The van der Waals surface area contributed by atoms with Gasteiger partial charge in [-0.05, 0) is 40.8 Å². The first-order chi connectivity index (χ1) is 13.5. The van der Waals surface area contributed by atoms with E-state index >= 15 is 0 Å². The summed E-state index contributed by atoms with van der Waals surface area (Å²) >= 11 is 9.90. The summed E-state index contributed by atoms with van der Waals surface area (Å²) in [5.74, 6) is 1.31. The van der Waals surface area contributed by atoms with Gasteiger partial charge in [0.2, 0.25) is 0 Å². The van der Waals surface area contributed by atoms with Crippen LogP contribution in [0.5, 0.6) is 0 Å². The van der Waals surface area contributed by atoms with Gasteiger partial charge in [-0.25, -0.2) is 9.78 Å². The fraction of sp³-hybridized carbons (Fsp3) is 0.316. The van der Waals surface area contributed by atoms with Crippen LogP contribution >= 0.6 is 27.5 Å². The quantitative estimate of drug-likeness (QED) is 0.612. The largest absolute Gasteiger partial charge is 0.370 e. The number of aromatic nitrogens is 3. The Bertz CT molecular complexity index is 1010. The topological polar surface area (TPSA) is 88.5 Å². The van der Waals surface area contributed by atoms with Crippen LogP contribution in [0.4, 0.5) is 10.6 Å². The van der Waals surface area contributed by atoms with E-state index in [0.29, 0.717) is 24.0 Å². The molecule has 1 fully saturated rings. The molecule has 1 aliphatic heterocycles. The number of primary amides is 1. The molecule has 3 aromatic rings. The Balaban J connectivity index is 1.58. The van der Waals surface area contributed by atoms with Crippen molar-refractivity contribution in [3.63, 3.8) is 0 Å². The highest BCUT2D eigenvalue weighted by Gasteiger charge is 2.21. The second-order valence-electron chi connectivity index (χ2n) is 6.88. The molecule has 1 saturated heterocycles. The lowest BCUT2D eigenvalue weighted by atomic mass is 9.97. The van der Waals surface area contributed by atoms with Gasteiger partial charge in [0.1, 0.15) is 5.82 Å². The fourth-order valence-electron chi connectivity index (χ4n) is 3.48. The number of nitrogens with zero attached hydrogens (tertiary/aromatic N) is 4. The van der Waals surface area contributed by atoms with Crippen molar-refractivity contribution >= 4 is 45.0 Å². The number of likely N-dealkylation sites (tertiary alicyclic amines) is 1. The zero-order valence-electron chi connectivity index (χ0n) is 15.1. The predicted molar refractivity (Wildman–Crippen MR) is 114 cm³/mol. The van der Waals surface area contributed by atoms with Crippen molar-refractivity contribution in [1.29, 1.82) is 0 Å². The molecular formula is C19H20BrClN6O. The number of carbonyl (C=O) groups excluding carboxylic acids is 1. The number of nitrogens with two attached hydrogens (primary N) is 1. The van der Waals surface area contributed by atoms with Gasteiger partial charge in [-0.3, -0.25) is 0 Å². The highest BCUT2D eigenvalue weighted by Crippen LogP contribution is 2.30. The van der Waals surface area contributed by atoms with Crippen molar-refractivity contribution in [1.82, 2.24) is 19.5 Å². The SMILES string of the molecule is NC(=O)N1CCC(CNc2cc(-c3ccccc3Cl)nc3c(Br)cnn23)CC1. The first-order valence-electron chi connectivity index (χ1n) is 9.10. The Morgan fingerprint density at radius 1 is 1.32 bits per heavy atom. The fourth-order valence-corrected chi connectivity index (χ4v) is 4.06. The van der Waals surface area contributed by atoms with Crippen LogP contribution in [0.25, 0.3) is 16.9 Å². The summed E-state index contributed by atoms with van der Waals surface area (Å²) in [6.45, 7) is 2.18. The standard InChI is InChI=1S/C19H20BrClN6O/c20-14-11-24-27-17(23-10-12-5-7-26(8-6-12)19(22)28)9-16(25-18(14)27)13-3-1-2-4-15(13)21/h1-4,9,11-12,23H,5-8,10H2,(H2,22,28). The number of benzene rings is 1. The van der Waals surface area contributed by atoms with E-state index in [4.69, 9.17) is 22.3 Å². The van der Waals surface area contributed by atoms with Crippen LogP contribution in [-0.2, 0) is 0 Å². The first kappa shape index (κ1) is 19.0. The van der Waals surface area contributed by atoms with Crippen LogP contribution in [0.3, 0.4) is 0 Å². The Labute approximate surface area is 176 Å². The summed E-state index contributed by atoms with van der Waals surface area (Å²) in [5.41, 5.74) is 7.74. The first-order valence-corrected chi connectivity index (χ1v) is 10.3. The summed E-state index contributed by atoms with van der Waals surface area (Å²) in [7, 11) is 0. The normalized spacial score (nSPS) is 15.1. The molecular weight excluding hydrogens is 444 g/mol. The zero-order valence-corrected chi connectivity index (χ0v) is 17.4. The number of amides is 2. The maximum atomic E-state index is 11.3. The van der Waals surface area contributed by atoms with E-state index in [1.54, 1.807) is 15.6 Å². The third-order valence-electron chi connectivity index (χ3n) is 5.08. The van der Waals surface area contributed by atoms with Crippen molar-refractivity contribution in [3.8, 4) is 11.3 Å². The van der Waals surface area contributed by atoms with Crippen molar-refractivity contribution < 1.29 is 4.79 Å². The Morgan fingerprint density at radius 2 is 2.07 bits per heavy atom. The minimum absolute atomic E-state index is 0.340. The summed E-state index contributed by atoms with van der Waals surface area (Å²) < 4.78 is 2.60. The molecule has 7 nitrogen and oxygen atoms in total. The predicted octanol–water partition coefficient (Wildman–Crippen LogP) is 4.01. The maximum absolute atomic E-state index is 11.3. The summed E-state index contributed by atoms with van der Waals surface area (Å²) in [6.07, 6.45) is 3.57. The molecule has 9 heteroatoms. The second-order valence-corrected chi connectivity index (χ2v) is 8.15. The number of hydrogen-bond acceptors (Lipinski definition) is 4. The molecule has 146 valence electrons. The lowest BCUT2D eigenvalue weighted by Crippen LogP contribution is -2.42. The van der Waals surface area contributed by atoms with Crippen molar-refractivity contribution in [2.45, 2.75) is 12.8 Å². The van der Waals surface area contributed by atoms with E-state index in [9.17, 15) is 4.79 Å². The van der Waals surface area contributed by atoms with Crippen molar-refractivity contribution in [2.24, 2.45) is 11.7 Å². The summed E-state index contributed by atoms with van der Waals surface area (Å²) in [5, 5.41) is 8.58. The van der Waals surface area contributed by atoms with Crippen LogP contribution in [0.2, 0.25) is 5.02 Å². The van der Waals surface area contributed by atoms with Crippen LogP contribution in [0, 0.1) is 5.92 Å². The molecule has 2 aromatic heterocycles. The van der Waals surface area contributed by atoms with E-state index in [0.717, 1.165) is 46.6 Å². The Hall–Kier alpha value is -2.32. The van der Waals surface area contributed by atoms with Crippen LogP contribution in [0.15, 0.2) is 41.0 Å². The molecule has 28 heavy (non-hydrogen) atoms. The monoisotopic (exact) mass is 462 g/mol. The maximum Gasteiger partial charge on any atom is 0.314 e. The minimum atomic E-state index is -0.340. The number of anilines is 1. The smallest absolute Gasteiger partial charge is 0.314 e. The van der Waals surface area contributed by atoms with E-state index in [1.807, 2.05) is 30.3 Å². The number of piperidine rings is 1. The van der Waals surface area contributed by atoms with Gasteiger partial charge in [-0.1, -0.05) is 29.8 Å². The zero-order chi connectivity index (χ0) is 19.7. The van der Waals surface area contributed by atoms with Crippen molar-refractivity contribution in [3.05, 3.63) is 46.0 Å². The Kier molecular flexibility index (Phi) is 5.41. The van der Waals surface area contributed by atoms with Gasteiger partial charge in [-0.15, -0.1) is 0 Å². The number of halogens is 2. The van der Waals surface area contributed by atoms with E-state index in [2.05, 4.69) is 26.3 Å². The molecule has 1 aliphatic rings. The van der Waals surface area contributed by atoms with E-state index in [-0.39, 0.29) is 6.03 Å².